The van der Waals surface area contributed by atoms with E-state index in [0.29, 0.717) is 6.42 Å². The van der Waals surface area contributed by atoms with Crippen LogP contribution in [-0.2, 0) is 11.8 Å². The zero-order valence-corrected chi connectivity index (χ0v) is 12.3. The standard InChI is InChI=1S/C16H26FN/c1-12(2)16(17,11-18)10-13-6-8-14(9-7-13)15(3,4)5/h6-9,12H,10-11,18H2,1-5H3. The van der Waals surface area contributed by atoms with Crippen molar-refractivity contribution in [2.45, 2.75) is 52.1 Å². The van der Waals surface area contributed by atoms with Crippen LogP contribution in [0.3, 0.4) is 0 Å². The Morgan fingerprint density at radius 2 is 1.61 bits per heavy atom. The van der Waals surface area contributed by atoms with E-state index in [1.807, 2.05) is 26.0 Å². The molecule has 0 aliphatic carbocycles. The summed E-state index contributed by atoms with van der Waals surface area (Å²) in [5.74, 6) is -0.0650. The molecule has 1 nitrogen and oxygen atoms in total. The Hall–Kier alpha value is -0.890. The first kappa shape index (κ1) is 15.2. The molecule has 18 heavy (non-hydrogen) atoms. The summed E-state index contributed by atoms with van der Waals surface area (Å²) in [5, 5.41) is 0. The van der Waals surface area contributed by atoms with Crippen molar-refractivity contribution in [1.82, 2.24) is 0 Å². The topological polar surface area (TPSA) is 26.0 Å². The summed E-state index contributed by atoms with van der Waals surface area (Å²) in [4.78, 5) is 0. The van der Waals surface area contributed by atoms with Crippen molar-refractivity contribution in [2.24, 2.45) is 11.7 Å². The lowest BCUT2D eigenvalue weighted by Gasteiger charge is -2.28. The van der Waals surface area contributed by atoms with Gasteiger partial charge >= 0.3 is 0 Å². The van der Waals surface area contributed by atoms with Crippen molar-refractivity contribution >= 4 is 0 Å². The van der Waals surface area contributed by atoms with Crippen molar-refractivity contribution in [1.29, 1.82) is 0 Å². The summed E-state index contributed by atoms with van der Waals surface area (Å²) < 4.78 is 14.5. The van der Waals surface area contributed by atoms with Gasteiger partial charge in [-0.15, -0.1) is 0 Å². The zero-order chi connectivity index (χ0) is 14.0. The maximum atomic E-state index is 14.5. The number of benzene rings is 1. The van der Waals surface area contributed by atoms with E-state index in [9.17, 15) is 4.39 Å². The third-order valence-corrected chi connectivity index (χ3v) is 3.69. The van der Waals surface area contributed by atoms with Gasteiger partial charge in [-0.1, -0.05) is 58.9 Å². The lowest BCUT2D eigenvalue weighted by atomic mass is 9.83. The molecule has 2 N–H and O–H groups in total. The van der Waals surface area contributed by atoms with E-state index in [2.05, 4.69) is 32.9 Å². The molecule has 0 heterocycles. The molecular weight excluding hydrogens is 225 g/mol. The van der Waals surface area contributed by atoms with Crippen LogP contribution in [0.5, 0.6) is 0 Å². The molecule has 1 aromatic carbocycles. The number of alkyl halides is 1. The van der Waals surface area contributed by atoms with Crippen molar-refractivity contribution in [3.8, 4) is 0 Å². The highest BCUT2D eigenvalue weighted by molar-refractivity contribution is 5.28. The van der Waals surface area contributed by atoms with Crippen LogP contribution in [0.2, 0.25) is 0 Å². The first-order valence-electron chi connectivity index (χ1n) is 6.67. The summed E-state index contributed by atoms with van der Waals surface area (Å²) in [7, 11) is 0. The third-order valence-electron chi connectivity index (χ3n) is 3.69. The highest BCUT2D eigenvalue weighted by atomic mass is 19.1. The van der Waals surface area contributed by atoms with Crippen molar-refractivity contribution in [2.75, 3.05) is 6.54 Å². The maximum Gasteiger partial charge on any atom is 0.129 e. The summed E-state index contributed by atoms with van der Waals surface area (Å²) >= 11 is 0. The predicted octanol–water partition coefficient (Wildman–Crippen LogP) is 3.85. The Morgan fingerprint density at radius 3 is 1.94 bits per heavy atom. The van der Waals surface area contributed by atoms with E-state index in [-0.39, 0.29) is 17.9 Å². The second kappa shape index (κ2) is 5.40. The largest absolute Gasteiger partial charge is 0.328 e. The minimum absolute atomic E-state index is 0.0650. The first-order valence-corrected chi connectivity index (χ1v) is 6.67. The Bertz CT molecular complexity index is 375. The minimum atomic E-state index is -1.30. The van der Waals surface area contributed by atoms with E-state index < -0.39 is 5.67 Å². The number of hydrogen-bond acceptors (Lipinski definition) is 1. The van der Waals surface area contributed by atoms with Gasteiger partial charge in [-0.3, -0.25) is 0 Å². The van der Waals surface area contributed by atoms with Gasteiger partial charge in [-0.05, 0) is 22.5 Å². The normalized spacial score (nSPS) is 15.8. The summed E-state index contributed by atoms with van der Waals surface area (Å²) in [6, 6.07) is 8.22. The molecule has 1 rings (SSSR count). The number of hydrogen-bond donors (Lipinski definition) is 1. The van der Waals surface area contributed by atoms with Crippen molar-refractivity contribution in [3.05, 3.63) is 35.4 Å². The SMILES string of the molecule is CC(C)C(F)(CN)Cc1ccc(C(C)(C)C)cc1. The Morgan fingerprint density at radius 1 is 1.11 bits per heavy atom. The van der Waals surface area contributed by atoms with Crippen LogP contribution < -0.4 is 5.73 Å². The molecule has 0 aliphatic heterocycles. The smallest absolute Gasteiger partial charge is 0.129 e. The van der Waals surface area contributed by atoms with Gasteiger partial charge in [0.1, 0.15) is 5.67 Å². The van der Waals surface area contributed by atoms with Gasteiger partial charge in [0.25, 0.3) is 0 Å². The highest BCUT2D eigenvalue weighted by Gasteiger charge is 2.32. The van der Waals surface area contributed by atoms with Crippen LogP contribution in [0, 0.1) is 5.92 Å². The molecule has 2 heteroatoms. The monoisotopic (exact) mass is 251 g/mol. The van der Waals surface area contributed by atoms with Crippen LogP contribution in [-0.4, -0.2) is 12.2 Å². The molecule has 1 aromatic rings. The summed E-state index contributed by atoms with van der Waals surface area (Å²) in [6.45, 7) is 10.4. The molecule has 0 radical (unpaired) electrons. The lowest BCUT2D eigenvalue weighted by Crippen LogP contribution is -2.40. The molecule has 1 atom stereocenters. The van der Waals surface area contributed by atoms with Crippen LogP contribution in [0.15, 0.2) is 24.3 Å². The fourth-order valence-corrected chi connectivity index (χ4v) is 1.97. The molecule has 102 valence electrons. The van der Waals surface area contributed by atoms with Gasteiger partial charge < -0.3 is 5.73 Å². The fourth-order valence-electron chi connectivity index (χ4n) is 1.97. The van der Waals surface area contributed by atoms with E-state index in [1.165, 1.54) is 5.56 Å². The second-order valence-corrected chi connectivity index (χ2v) is 6.52. The molecule has 0 saturated carbocycles. The zero-order valence-electron chi connectivity index (χ0n) is 12.3. The maximum absolute atomic E-state index is 14.5. The van der Waals surface area contributed by atoms with E-state index >= 15 is 0 Å². The first-order chi connectivity index (χ1) is 8.19. The molecule has 0 aliphatic rings. The van der Waals surface area contributed by atoms with Gasteiger partial charge in [0.05, 0.1) is 0 Å². The fraction of sp³-hybridized carbons (Fsp3) is 0.625. The van der Waals surface area contributed by atoms with E-state index in [4.69, 9.17) is 5.73 Å². The van der Waals surface area contributed by atoms with Gasteiger partial charge in [0, 0.05) is 13.0 Å². The van der Waals surface area contributed by atoms with Crippen LogP contribution in [0.1, 0.15) is 45.7 Å². The Kier molecular flexibility index (Phi) is 4.55. The Labute approximate surface area is 111 Å². The molecule has 0 fully saturated rings. The third kappa shape index (κ3) is 3.55. The van der Waals surface area contributed by atoms with Gasteiger partial charge in [-0.2, -0.15) is 0 Å². The summed E-state index contributed by atoms with van der Waals surface area (Å²) in [5.41, 5.74) is 6.70. The van der Waals surface area contributed by atoms with E-state index in [1.54, 1.807) is 0 Å². The average molecular weight is 251 g/mol. The molecule has 0 amide bonds. The number of rotatable bonds is 4. The summed E-state index contributed by atoms with van der Waals surface area (Å²) in [6.07, 6.45) is 0.394. The lowest BCUT2D eigenvalue weighted by molar-refractivity contribution is 0.110. The highest BCUT2D eigenvalue weighted by Crippen LogP contribution is 2.27. The van der Waals surface area contributed by atoms with Crippen LogP contribution >= 0.6 is 0 Å². The Balaban J connectivity index is 2.87. The minimum Gasteiger partial charge on any atom is -0.328 e. The molecule has 0 aromatic heterocycles. The average Bonchev–Trinajstić information content (AvgIpc) is 2.28. The molecular formula is C16H26FN. The number of nitrogens with two attached hydrogens (primary N) is 1. The van der Waals surface area contributed by atoms with Gasteiger partial charge in [0.2, 0.25) is 0 Å². The quantitative estimate of drug-likeness (QED) is 0.864. The van der Waals surface area contributed by atoms with Crippen LogP contribution in [0.4, 0.5) is 4.39 Å². The van der Waals surface area contributed by atoms with Crippen molar-refractivity contribution < 1.29 is 4.39 Å². The molecule has 1 unspecified atom stereocenters. The molecule has 0 saturated heterocycles. The number of halogens is 1. The predicted molar refractivity (Wildman–Crippen MR) is 76.6 cm³/mol. The van der Waals surface area contributed by atoms with E-state index in [0.717, 1.165) is 5.56 Å². The van der Waals surface area contributed by atoms with Crippen molar-refractivity contribution in [3.63, 3.8) is 0 Å². The van der Waals surface area contributed by atoms with Gasteiger partial charge in [0.15, 0.2) is 0 Å². The molecule has 0 spiro atoms. The van der Waals surface area contributed by atoms with Gasteiger partial charge in [-0.25, -0.2) is 4.39 Å². The second-order valence-electron chi connectivity index (χ2n) is 6.52. The van der Waals surface area contributed by atoms with Crippen LogP contribution in [0.25, 0.3) is 0 Å². The molecule has 0 bridgehead atoms.